The monoisotopic (exact) mass is 205 g/mol. The summed E-state index contributed by atoms with van der Waals surface area (Å²) in [6.07, 6.45) is 1.52. The topological polar surface area (TPSA) is 29.5 Å². The van der Waals surface area contributed by atoms with E-state index >= 15 is 0 Å². The third-order valence-electron chi connectivity index (χ3n) is 2.35. The Balaban J connectivity index is 2.27. The number of methoxy groups -OCH3 is 1. The van der Waals surface area contributed by atoms with Crippen molar-refractivity contribution >= 4 is 17.5 Å². The van der Waals surface area contributed by atoms with Gasteiger partial charge in [0.2, 0.25) is 5.91 Å². The van der Waals surface area contributed by atoms with Gasteiger partial charge in [-0.05, 0) is 6.42 Å². The van der Waals surface area contributed by atoms with Gasteiger partial charge in [0.05, 0.1) is 6.61 Å². The van der Waals surface area contributed by atoms with E-state index in [0.717, 1.165) is 26.1 Å². The van der Waals surface area contributed by atoms with Crippen LogP contribution in [0.25, 0.3) is 0 Å². The molecule has 4 heteroatoms. The SMILES string of the molecule is COCC1CCN(C(=O)CCCl)C1. The maximum absolute atomic E-state index is 11.4. The predicted molar refractivity (Wildman–Crippen MR) is 51.9 cm³/mol. The number of carbonyl (C=O) groups excluding carboxylic acids is 1. The highest BCUT2D eigenvalue weighted by molar-refractivity contribution is 6.18. The van der Waals surface area contributed by atoms with Crippen molar-refractivity contribution in [2.24, 2.45) is 5.92 Å². The smallest absolute Gasteiger partial charge is 0.223 e. The van der Waals surface area contributed by atoms with Crippen molar-refractivity contribution in [3.63, 3.8) is 0 Å². The third kappa shape index (κ3) is 3.16. The Morgan fingerprint density at radius 1 is 1.69 bits per heavy atom. The van der Waals surface area contributed by atoms with E-state index < -0.39 is 0 Å². The van der Waals surface area contributed by atoms with Crippen LogP contribution in [0.2, 0.25) is 0 Å². The van der Waals surface area contributed by atoms with Gasteiger partial charge in [-0.3, -0.25) is 4.79 Å². The van der Waals surface area contributed by atoms with Crippen LogP contribution in [0.15, 0.2) is 0 Å². The highest BCUT2D eigenvalue weighted by Crippen LogP contribution is 2.17. The lowest BCUT2D eigenvalue weighted by Crippen LogP contribution is -2.29. The summed E-state index contributed by atoms with van der Waals surface area (Å²) in [4.78, 5) is 13.3. The Morgan fingerprint density at radius 3 is 3.08 bits per heavy atom. The Bertz CT molecular complexity index is 175. The molecule has 1 amide bonds. The van der Waals surface area contributed by atoms with Crippen molar-refractivity contribution in [2.75, 3.05) is 32.7 Å². The lowest BCUT2D eigenvalue weighted by molar-refractivity contribution is -0.129. The van der Waals surface area contributed by atoms with E-state index in [9.17, 15) is 4.79 Å². The molecule has 0 radical (unpaired) electrons. The predicted octanol–water partition coefficient (Wildman–Crippen LogP) is 1.11. The number of amides is 1. The summed E-state index contributed by atoms with van der Waals surface area (Å²) >= 11 is 5.50. The van der Waals surface area contributed by atoms with Gasteiger partial charge in [-0.15, -0.1) is 11.6 Å². The van der Waals surface area contributed by atoms with Crippen LogP contribution in [0, 0.1) is 5.92 Å². The zero-order valence-corrected chi connectivity index (χ0v) is 8.72. The lowest BCUT2D eigenvalue weighted by Gasteiger charge is -2.15. The molecular weight excluding hydrogens is 190 g/mol. The quantitative estimate of drug-likeness (QED) is 0.644. The number of hydrogen-bond acceptors (Lipinski definition) is 2. The second kappa shape index (κ2) is 5.45. The van der Waals surface area contributed by atoms with Gasteiger partial charge in [-0.2, -0.15) is 0 Å². The van der Waals surface area contributed by atoms with E-state index in [0.29, 0.717) is 18.2 Å². The van der Waals surface area contributed by atoms with Gasteiger partial charge < -0.3 is 9.64 Å². The van der Waals surface area contributed by atoms with Gasteiger partial charge in [-0.1, -0.05) is 0 Å². The molecule has 1 heterocycles. The molecule has 1 atom stereocenters. The molecule has 0 N–H and O–H groups in total. The number of hydrogen-bond donors (Lipinski definition) is 0. The summed E-state index contributed by atoms with van der Waals surface area (Å²) in [5.41, 5.74) is 0. The maximum atomic E-state index is 11.4. The summed E-state index contributed by atoms with van der Waals surface area (Å²) in [7, 11) is 1.70. The van der Waals surface area contributed by atoms with Gasteiger partial charge in [0.1, 0.15) is 0 Å². The number of carbonyl (C=O) groups is 1. The summed E-state index contributed by atoms with van der Waals surface area (Å²) in [6.45, 7) is 2.46. The molecule has 0 aromatic heterocycles. The minimum absolute atomic E-state index is 0.175. The molecule has 13 heavy (non-hydrogen) atoms. The van der Waals surface area contributed by atoms with Crippen molar-refractivity contribution in [3.05, 3.63) is 0 Å². The van der Waals surface area contributed by atoms with E-state index in [-0.39, 0.29) is 5.91 Å². The van der Waals surface area contributed by atoms with Crippen LogP contribution in [0.4, 0.5) is 0 Å². The normalized spacial score (nSPS) is 22.3. The highest BCUT2D eigenvalue weighted by atomic mass is 35.5. The third-order valence-corrected chi connectivity index (χ3v) is 2.54. The molecule has 1 unspecified atom stereocenters. The molecule has 0 aromatic carbocycles. The Morgan fingerprint density at radius 2 is 2.46 bits per heavy atom. The number of nitrogens with zero attached hydrogens (tertiary/aromatic N) is 1. The summed E-state index contributed by atoms with van der Waals surface area (Å²) < 4.78 is 5.05. The Hall–Kier alpha value is -0.280. The minimum atomic E-state index is 0.175. The fourth-order valence-corrected chi connectivity index (χ4v) is 1.83. The van der Waals surface area contributed by atoms with Crippen LogP contribution in [-0.2, 0) is 9.53 Å². The first-order valence-corrected chi connectivity index (χ1v) is 5.14. The molecular formula is C9H16ClNO2. The first-order valence-electron chi connectivity index (χ1n) is 4.60. The van der Waals surface area contributed by atoms with E-state index in [1.807, 2.05) is 4.90 Å². The van der Waals surface area contributed by atoms with Crippen LogP contribution in [0.3, 0.4) is 0 Å². The Labute approximate surface area is 84.0 Å². The fourth-order valence-electron chi connectivity index (χ4n) is 1.67. The van der Waals surface area contributed by atoms with E-state index in [4.69, 9.17) is 16.3 Å². The average Bonchev–Trinajstić information content (AvgIpc) is 2.54. The number of likely N-dealkylation sites (tertiary alicyclic amines) is 1. The first-order chi connectivity index (χ1) is 6.27. The minimum Gasteiger partial charge on any atom is -0.384 e. The fraction of sp³-hybridized carbons (Fsp3) is 0.889. The van der Waals surface area contributed by atoms with E-state index in [1.165, 1.54) is 0 Å². The number of halogens is 1. The molecule has 1 fully saturated rings. The summed E-state index contributed by atoms with van der Waals surface area (Å²) in [6, 6.07) is 0. The van der Waals surface area contributed by atoms with Crippen LogP contribution in [0.1, 0.15) is 12.8 Å². The number of rotatable bonds is 4. The molecule has 1 aliphatic heterocycles. The van der Waals surface area contributed by atoms with E-state index in [2.05, 4.69) is 0 Å². The van der Waals surface area contributed by atoms with Gasteiger partial charge in [0.15, 0.2) is 0 Å². The average molecular weight is 206 g/mol. The van der Waals surface area contributed by atoms with E-state index in [1.54, 1.807) is 7.11 Å². The maximum Gasteiger partial charge on any atom is 0.223 e. The van der Waals surface area contributed by atoms with Crippen molar-refractivity contribution in [1.82, 2.24) is 4.90 Å². The van der Waals surface area contributed by atoms with Crippen molar-refractivity contribution in [2.45, 2.75) is 12.8 Å². The Kier molecular flexibility index (Phi) is 4.53. The number of ether oxygens (including phenoxy) is 1. The molecule has 1 aliphatic rings. The van der Waals surface area contributed by atoms with Crippen LogP contribution >= 0.6 is 11.6 Å². The summed E-state index contributed by atoms with van der Waals surface area (Å²) in [5, 5.41) is 0. The van der Waals surface area contributed by atoms with Gasteiger partial charge in [0, 0.05) is 38.4 Å². The molecule has 1 rings (SSSR count). The second-order valence-corrected chi connectivity index (χ2v) is 3.77. The van der Waals surface area contributed by atoms with Gasteiger partial charge in [-0.25, -0.2) is 0 Å². The van der Waals surface area contributed by atoms with Gasteiger partial charge in [0.25, 0.3) is 0 Å². The molecule has 0 bridgehead atoms. The second-order valence-electron chi connectivity index (χ2n) is 3.39. The van der Waals surface area contributed by atoms with Crippen molar-refractivity contribution in [1.29, 1.82) is 0 Å². The van der Waals surface area contributed by atoms with Crippen LogP contribution < -0.4 is 0 Å². The zero-order valence-electron chi connectivity index (χ0n) is 7.96. The van der Waals surface area contributed by atoms with Crippen molar-refractivity contribution < 1.29 is 9.53 Å². The molecule has 76 valence electrons. The van der Waals surface area contributed by atoms with Crippen LogP contribution in [-0.4, -0.2) is 43.5 Å². The standard InChI is InChI=1S/C9H16ClNO2/c1-13-7-8-3-5-11(6-8)9(12)2-4-10/h8H,2-7H2,1H3. The summed E-state index contributed by atoms with van der Waals surface area (Å²) in [5.74, 6) is 1.11. The number of alkyl halides is 1. The molecule has 0 saturated carbocycles. The molecule has 0 aromatic rings. The zero-order chi connectivity index (χ0) is 9.68. The van der Waals surface area contributed by atoms with Crippen LogP contribution in [0.5, 0.6) is 0 Å². The molecule has 0 aliphatic carbocycles. The lowest BCUT2D eigenvalue weighted by atomic mass is 10.1. The van der Waals surface area contributed by atoms with Crippen molar-refractivity contribution in [3.8, 4) is 0 Å². The molecule has 3 nitrogen and oxygen atoms in total. The first kappa shape index (κ1) is 10.8. The molecule has 1 saturated heterocycles. The van der Waals surface area contributed by atoms with Gasteiger partial charge >= 0.3 is 0 Å². The highest BCUT2D eigenvalue weighted by Gasteiger charge is 2.25. The molecule has 0 spiro atoms. The largest absolute Gasteiger partial charge is 0.384 e.